The molecule has 2 heteroatoms. The molecule has 1 aliphatic rings. The Kier molecular flexibility index (Phi) is 3.99. The maximum Gasteiger partial charge on any atom is 0.0406 e. The molecule has 0 nitrogen and oxygen atoms in total. The molecule has 0 unspecified atom stereocenters. The van der Waals surface area contributed by atoms with Gasteiger partial charge in [-0.1, -0.05) is 30.2 Å². The van der Waals surface area contributed by atoms with Gasteiger partial charge in [0, 0.05) is 5.02 Å². The SMILES string of the molecule is SC[C@@H]1CCC[C@H](c2ccc(Cl)cc2)C1. The summed E-state index contributed by atoms with van der Waals surface area (Å²) in [7, 11) is 0. The van der Waals surface area contributed by atoms with E-state index in [1.54, 1.807) is 0 Å². The van der Waals surface area contributed by atoms with Crippen molar-refractivity contribution in [3.05, 3.63) is 34.9 Å². The second-order valence-electron chi connectivity index (χ2n) is 4.46. The lowest BCUT2D eigenvalue weighted by Gasteiger charge is -2.28. The highest BCUT2D eigenvalue weighted by Gasteiger charge is 2.21. The molecule has 0 amide bonds. The van der Waals surface area contributed by atoms with E-state index >= 15 is 0 Å². The first-order chi connectivity index (χ1) is 7.29. The van der Waals surface area contributed by atoms with Gasteiger partial charge in [0.15, 0.2) is 0 Å². The summed E-state index contributed by atoms with van der Waals surface area (Å²) < 4.78 is 0. The number of rotatable bonds is 2. The third-order valence-corrected chi connectivity index (χ3v) is 4.15. The van der Waals surface area contributed by atoms with Gasteiger partial charge in [-0.3, -0.25) is 0 Å². The number of halogens is 1. The van der Waals surface area contributed by atoms with Gasteiger partial charge < -0.3 is 0 Å². The molecular formula is C13H17ClS. The third-order valence-electron chi connectivity index (χ3n) is 3.38. The van der Waals surface area contributed by atoms with Gasteiger partial charge in [0.2, 0.25) is 0 Å². The molecule has 1 aromatic rings. The van der Waals surface area contributed by atoms with Crippen molar-refractivity contribution in [2.24, 2.45) is 5.92 Å². The third kappa shape index (κ3) is 2.92. The normalized spacial score (nSPS) is 26.5. The Balaban J connectivity index is 2.06. The molecule has 1 fully saturated rings. The van der Waals surface area contributed by atoms with Gasteiger partial charge in [-0.2, -0.15) is 12.6 Å². The molecule has 2 rings (SSSR count). The lowest BCUT2D eigenvalue weighted by Crippen LogP contribution is -2.15. The molecular weight excluding hydrogens is 224 g/mol. The quantitative estimate of drug-likeness (QED) is 0.721. The zero-order valence-corrected chi connectivity index (χ0v) is 10.5. The fraction of sp³-hybridized carbons (Fsp3) is 0.538. The Bertz CT molecular complexity index is 307. The number of hydrogen-bond donors (Lipinski definition) is 1. The summed E-state index contributed by atoms with van der Waals surface area (Å²) in [5.74, 6) is 2.57. The van der Waals surface area contributed by atoms with E-state index in [9.17, 15) is 0 Å². The smallest absolute Gasteiger partial charge is 0.0406 e. The van der Waals surface area contributed by atoms with E-state index in [4.69, 9.17) is 11.6 Å². The molecule has 0 N–H and O–H groups in total. The first-order valence-corrected chi connectivity index (χ1v) is 6.67. The lowest BCUT2D eigenvalue weighted by atomic mass is 9.79. The number of hydrogen-bond acceptors (Lipinski definition) is 1. The van der Waals surface area contributed by atoms with Crippen LogP contribution in [0.3, 0.4) is 0 Å². The molecule has 0 spiro atoms. The van der Waals surface area contributed by atoms with Crippen LogP contribution in [0.2, 0.25) is 5.02 Å². The van der Waals surface area contributed by atoms with Gasteiger partial charge in [0.25, 0.3) is 0 Å². The molecule has 15 heavy (non-hydrogen) atoms. The summed E-state index contributed by atoms with van der Waals surface area (Å²) in [5, 5.41) is 0.834. The summed E-state index contributed by atoms with van der Waals surface area (Å²) in [5.41, 5.74) is 1.45. The van der Waals surface area contributed by atoms with Crippen molar-refractivity contribution >= 4 is 24.2 Å². The van der Waals surface area contributed by atoms with Crippen LogP contribution in [0.1, 0.15) is 37.2 Å². The summed E-state index contributed by atoms with van der Waals surface area (Å²) in [6.07, 6.45) is 5.32. The van der Waals surface area contributed by atoms with Crippen molar-refractivity contribution < 1.29 is 0 Å². The summed E-state index contributed by atoms with van der Waals surface area (Å²) in [6, 6.07) is 8.35. The molecule has 0 aromatic heterocycles. The second kappa shape index (κ2) is 5.27. The van der Waals surface area contributed by atoms with E-state index in [1.807, 2.05) is 12.1 Å². The Morgan fingerprint density at radius 3 is 2.60 bits per heavy atom. The second-order valence-corrected chi connectivity index (χ2v) is 5.27. The minimum absolute atomic E-state index is 0.730. The van der Waals surface area contributed by atoms with Crippen LogP contribution in [-0.2, 0) is 0 Å². The van der Waals surface area contributed by atoms with Crippen LogP contribution in [0.25, 0.3) is 0 Å². The van der Waals surface area contributed by atoms with Crippen LogP contribution in [-0.4, -0.2) is 5.75 Å². The van der Waals surface area contributed by atoms with Gasteiger partial charge in [-0.15, -0.1) is 0 Å². The highest BCUT2D eigenvalue weighted by atomic mass is 35.5. The number of benzene rings is 1. The molecule has 0 radical (unpaired) electrons. The first kappa shape index (κ1) is 11.3. The molecule has 1 saturated carbocycles. The average molecular weight is 241 g/mol. The van der Waals surface area contributed by atoms with Gasteiger partial charge in [-0.05, 0) is 54.5 Å². The maximum atomic E-state index is 5.89. The highest BCUT2D eigenvalue weighted by Crippen LogP contribution is 2.36. The maximum absolute atomic E-state index is 5.89. The van der Waals surface area contributed by atoms with Crippen molar-refractivity contribution in [1.82, 2.24) is 0 Å². The van der Waals surface area contributed by atoms with Crippen molar-refractivity contribution in [2.45, 2.75) is 31.6 Å². The zero-order chi connectivity index (χ0) is 10.7. The molecule has 2 atom stereocenters. The monoisotopic (exact) mass is 240 g/mol. The van der Waals surface area contributed by atoms with Crippen LogP contribution < -0.4 is 0 Å². The molecule has 1 aliphatic carbocycles. The van der Waals surface area contributed by atoms with Gasteiger partial charge in [0.05, 0.1) is 0 Å². The predicted molar refractivity (Wildman–Crippen MR) is 70.0 cm³/mol. The Hall–Kier alpha value is -0.140. The summed E-state index contributed by atoms with van der Waals surface area (Å²) in [6.45, 7) is 0. The summed E-state index contributed by atoms with van der Waals surface area (Å²) in [4.78, 5) is 0. The first-order valence-electron chi connectivity index (χ1n) is 5.66. The fourth-order valence-corrected chi connectivity index (χ4v) is 2.95. The topological polar surface area (TPSA) is 0 Å². The molecule has 0 saturated heterocycles. The molecule has 0 heterocycles. The predicted octanol–water partition coefficient (Wildman–Crippen LogP) is 4.54. The van der Waals surface area contributed by atoms with E-state index in [-0.39, 0.29) is 0 Å². The van der Waals surface area contributed by atoms with E-state index in [1.165, 1.54) is 31.2 Å². The standard InChI is InChI=1S/C13H17ClS/c14-13-6-4-11(5-7-13)12-3-1-2-10(8-12)9-15/h4-7,10,12,15H,1-3,8-9H2/t10-,12+/m1/s1. The molecule has 0 bridgehead atoms. The van der Waals surface area contributed by atoms with Crippen LogP contribution in [0.5, 0.6) is 0 Å². The van der Waals surface area contributed by atoms with Crippen molar-refractivity contribution in [2.75, 3.05) is 5.75 Å². The Morgan fingerprint density at radius 1 is 1.20 bits per heavy atom. The Morgan fingerprint density at radius 2 is 1.93 bits per heavy atom. The highest BCUT2D eigenvalue weighted by molar-refractivity contribution is 7.80. The van der Waals surface area contributed by atoms with Crippen molar-refractivity contribution in [3.63, 3.8) is 0 Å². The lowest BCUT2D eigenvalue weighted by molar-refractivity contribution is 0.349. The van der Waals surface area contributed by atoms with Crippen LogP contribution in [0.4, 0.5) is 0 Å². The number of thiol groups is 1. The van der Waals surface area contributed by atoms with E-state index < -0.39 is 0 Å². The molecule has 82 valence electrons. The van der Waals surface area contributed by atoms with E-state index in [2.05, 4.69) is 24.8 Å². The van der Waals surface area contributed by atoms with E-state index in [0.29, 0.717) is 0 Å². The average Bonchev–Trinajstić information content (AvgIpc) is 2.30. The Labute approximate surface area is 102 Å². The van der Waals surface area contributed by atoms with Crippen LogP contribution in [0, 0.1) is 5.92 Å². The van der Waals surface area contributed by atoms with Crippen LogP contribution >= 0.6 is 24.2 Å². The largest absolute Gasteiger partial charge is 0.179 e. The van der Waals surface area contributed by atoms with Crippen molar-refractivity contribution in [1.29, 1.82) is 0 Å². The fourth-order valence-electron chi connectivity index (χ4n) is 2.49. The minimum Gasteiger partial charge on any atom is -0.179 e. The molecule has 1 aromatic carbocycles. The van der Waals surface area contributed by atoms with Crippen molar-refractivity contribution in [3.8, 4) is 0 Å². The van der Waals surface area contributed by atoms with E-state index in [0.717, 1.165) is 22.6 Å². The zero-order valence-electron chi connectivity index (χ0n) is 8.82. The van der Waals surface area contributed by atoms with Gasteiger partial charge in [0.1, 0.15) is 0 Å². The molecule has 0 aliphatic heterocycles. The van der Waals surface area contributed by atoms with Gasteiger partial charge in [-0.25, -0.2) is 0 Å². The van der Waals surface area contributed by atoms with Gasteiger partial charge >= 0.3 is 0 Å². The van der Waals surface area contributed by atoms with Crippen LogP contribution in [0.15, 0.2) is 24.3 Å². The summed E-state index contributed by atoms with van der Waals surface area (Å²) >= 11 is 10.3. The minimum atomic E-state index is 0.730.